The van der Waals surface area contributed by atoms with Crippen LogP contribution in [0.2, 0.25) is 5.02 Å². The molecule has 0 aliphatic heterocycles. The first kappa shape index (κ1) is 7.96. The summed E-state index contributed by atoms with van der Waals surface area (Å²) in [6.07, 6.45) is 2.03. The molecule has 0 aromatic heterocycles. The summed E-state index contributed by atoms with van der Waals surface area (Å²) in [6.45, 7) is 2.02. The van der Waals surface area contributed by atoms with E-state index in [0.29, 0.717) is 0 Å². The maximum absolute atomic E-state index is 5.97. The summed E-state index contributed by atoms with van der Waals surface area (Å²) >= 11 is 7.65. The van der Waals surface area contributed by atoms with Crippen molar-refractivity contribution in [1.29, 1.82) is 0 Å². The molecule has 0 nitrogen and oxygen atoms in total. The highest BCUT2D eigenvalue weighted by atomic mass is 35.5. The summed E-state index contributed by atoms with van der Waals surface area (Å²) in [6, 6.07) is 6.06. The Balaban J connectivity index is 3.14. The van der Waals surface area contributed by atoms with Gasteiger partial charge in [-0.1, -0.05) is 23.7 Å². The summed E-state index contributed by atoms with van der Waals surface area (Å²) < 4.78 is 0. The number of hydrogen-bond donors (Lipinski definition) is 0. The van der Waals surface area contributed by atoms with Crippen molar-refractivity contribution in [3.05, 3.63) is 28.8 Å². The van der Waals surface area contributed by atoms with Gasteiger partial charge in [-0.15, -0.1) is 11.8 Å². The molecule has 0 heterocycles. The van der Waals surface area contributed by atoms with E-state index >= 15 is 0 Å². The summed E-state index contributed by atoms with van der Waals surface area (Å²) in [5, 5.41) is 0.884. The van der Waals surface area contributed by atoms with E-state index in [9.17, 15) is 0 Å². The van der Waals surface area contributed by atoms with Crippen LogP contribution in [-0.2, 0) is 0 Å². The highest BCUT2D eigenvalue weighted by Gasteiger charge is 1.98. The minimum atomic E-state index is 0.884. The molecule has 0 N–H and O–H groups in total. The van der Waals surface area contributed by atoms with Gasteiger partial charge in [0.2, 0.25) is 0 Å². The van der Waals surface area contributed by atoms with Crippen molar-refractivity contribution in [3.8, 4) is 0 Å². The predicted octanol–water partition coefficient (Wildman–Crippen LogP) is 3.37. The van der Waals surface area contributed by atoms with Gasteiger partial charge in [0.25, 0.3) is 0 Å². The molecule has 0 bridgehead atoms. The van der Waals surface area contributed by atoms with E-state index in [1.807, 2.05) is 31.4 Å². The zero-order chi connectivity index (χ0) is 7.56. The molecule has 2 heteroatoms. The van der Waals surface area contributed by atoms with Crippen molar-refractivity contribution in [2.75, 3.05) is 6.26 Å². The Labute approximate surface area is 70.6 Å². The third kappa shape index (κ3) is 1.47. The summed E-state index contributed by atoms with van der Waals surface area (Å²) in [5.74, 6) is 0. The largest absolute Gasteiger partial charge is 0.128 e. The van der Waals surface area contributed by atoms with Crippen molar-refractivity contribution >= 4 is 23.4 Å². The van der Waals surface area contributed by atoms with Crippen LogP contribution >= 0.6 is 23.4 Å². The number of halogens is 1. The number of rotatable bonds is 1. The van der Waals surface area contributed by atoms with Crippen LogP contribution in [-0.4, -0.2) is 6.26 Å². The van der Waals surface area contributed by atoms with Gasteiger partial charge in [-0.05, 0) is 24.8 Å². The standard InChI is InChI=1S/C8H9ClS/c1-6-4-3-5-7(10-2)8(6)9/h3-5H,1-2H3. The molecule has 0 radical (unpaired) electrons. The van der Waals surface area contributed by atoms with E-state index in [2.05, 4.69) is 0 Å². The average molecular weight is 173 g/mol. The zero-order valence-electron chi connectivity index (χ0n) is 6.02. The van der Waals surface area contributed by atoms with Crippen LogP contribution in [0.3, 0.4) is 0 Å². The maximum atomic E-state index is 5.97. The maximum Gasteiger partial charge on any atom is 0.0570 e. The number of hydrogen-bond acceptors (Lipinski definition) is 1. The SMILES string of the molecule is CSc1cccc(C)c1Cl. The summed E-state index contributed by atoms with van der Waals surface area (Å²) in [7, 11) is 0. The van der Waals surface area contributed by atoms with Gasteiger partial charge in [0.1, 0.15) is 0 Å². The lowest BCUT2D eigenvalue weighted by atomic mass is 10.2. The van der Waals surface area contributed by atoms with Crippen LogP contribution < -0.4 is 0 Å². The van der Waals surface area contributed by atoms with Gasteiger partial charge in [0, 0.05) is 4.90 Å². The Morgan fingerprint density at radius 3 is 2.60 bits per heavy atom. The molecule has 0 amide bonds. The molecule has 1 rings (SSSR count). The van der Waals surface area contributed by atoms with Crippen molar-refractivity contribution < 1.29 is 0 Å². The van der Waals surface area contributed by atoms with Crippen LogP contribution in [0.4, 0.5) is 0 Å². The second-order valence-electron chi connectivity index (χ2n) is 2.09. The van der Waals surface area contributed by atoms with Crippen molar-refractivity contribution in [3.63, 3.8) is 0 Å². The summed E-state index contributed by atoms with van der Waals surface area (Å²) in [4.78, 5) is 1.15. The van der Waals surface area contributed by atoms with E-state index < -0.39 is 0 Å². The van der Waals surface area contributed by atoms with Crippen molar-refractivity contribution in [2.24, 2.45) is 0 Å². The second-order valence-corrected chi connectivity index (χ2v) is 3.32. The third-order valence-electron chi connectivity index (χ3n) is 1.38. The first-order valence-corrected chi connectivity index (χ1v) is 4.65. The van der Waals surface area contributed by atoms with Crippen molar-refractivity contribution in [2.45, 2.75) is 11.8 Å². The van der Waals surface area contributed by atoms with E-state index in [4.69, 9.17) is 11.6 Å². The fourth-order valence-electron chi connectivity index (χ4n) is 0.778. The normalized spacial score (nSPS) is 9.90. The predicted molar refractivity (Wildman–Crippen MR) is 48.0 cm³/mol. The molecule has 0 spiro atoms. The second kappa shape index (κ2) is 3.31. The molecule has 0 aliphatic rings. The van der Waals surface area contributed by atoms with Gasteiger partial charge in [-0.3, -0.25) is 0 Å². The Kier molecular flexibility index (Phi) is 2.64. The minimum Gasteiger partial charge on any atom is -0.128 e. The van der Waals surface area contributed by atoms with Gasteiger partial charge in [-0.25, -0.2) is 0 Å². The van der Waals surface area contributed by atoms with E-state index in [0.717, 1.165) is 15.5 Å². The molecule has 54 valence electrons. The van der Waals surface area contributed by atoms with Gasteiger partial charge >= 0.3 is 0 Å². The van der Waals surface area contributed by atoms with E-state index in [1.165, 1.54) is 0 Å². The molecule has 0 saturated carbocycles. The lowest BCUT2D eigenvalue weighted by Crippen LogP contribution is -1.76. The van der Waals surface area contributed by atoms with Crippen molar-refractivity contribution in [1.82, 2.24) is 0 Å². The van der Waals surface area contributed by atoms with Gasteiger partial charge in [0.15, 0.2) is 0 Å². The first-order chi connectivity index (χ1) is 4.75. The molecule has 0 fully saturated rings. The van der Waals surface area contributed by atoms with Crippen LogP contribution in [0.1, 0.15) is 5.56 Å². The van der Waals surface area contributed by atoms with Crippen LogP contribution in [0.25, 0.3) is 0 Å². The Morgan fingerprint density at radius 2 is 2.10 bits per heavy atom. The Hall–Kier alpha value is -0.140. The lowest BCUT2D eigenvalue weighted by molar-refractivity contribution is 1.36. The highest BCUT2D eigenvalue weighted by Crippen LogP contribution is 2.27. The minimum absolute atomic E-state index is 0.884. The van der Waals surface area contributed by atoms with Gasteiger partial charge in [0.05, 0.1) is 5.02 Å². The Bertz CT molecular complexity index is 233. The van der Waals surface area contributed by atoms with Gasteiger partial charge in [-0.2, -0.15) is 0 Å². The Morgan fingerprint density at radius 1 is 1.40 bits per heavy atom. The topological polar surface area (TPSA) is 0 Å². The first-order valence-electron chi connectivity index (χ1n) is 3.05. The van der Waals surface area contributed by atoms with Crippen LogP contribution in [0.5, 0.6) is 0 Å². The molecule has 0 unspecified atom stereocenters. The fraction of sp³-hybridized carbons (Fsp3) is 0.250. The third-order valence-corrected chi connectivity index (χ3v) is 2.77. The monoisotopic (exact) mass is 172 g/mol. The molecule has 0 aliphatic carbocycles. The molecule has 0 saturated heterocycles. The molecule has 0 atom stereocenters. The molecule has 10 heavy (non-hydrogen) atoms. The van der Waals surface area contributed by atoms with Crippen LogP contribution in [0.15, 0.2) is 23.1 Å². The van der Waals surface area contributed by atoms with Crippen LogP contribution in [0, 0.1) is 6.92 Å². The van der Waals surface area contributed by atoms with E-state index in [1.54, 1.807) is 11.8 Å². The lowest BCUT2D eigenvalue weighted by Gasteiger charge is -2.01. The highest BCUT2D eigenvalue weighted by molar-refractivity contribution is 7.98. The molecule has 1 aromatic rings. The average Bonchev–Trinajstić information content (AvgIpc) is 1.95. The zero-order valence-corrected chi connectivity index (χ0v) is 7.59. The quantitative estimate of drug-likeness (QED) is 0.586. The molecule has 1 aromatic carbocycles. The number of aryl methyl sites for hydroxylation is 1. The molecular formula is C8H9ClS. The fourth-order valence-corrected chi connectivity index (χ4v) is 1.69. The number of benzene rings is 1. The van der Waals surface area contributed by atoms with E-state index in [-0.39, 0.29) is 0 Å². The smallest absolute Gasteiger partial charge is 0.0570 e. The summed E-state index contributed by atoms with van der Waals surface area (Å²) in [5.41, 5.74) is 1.15. The number of thioether (sulfide) groups is 1. The van der Waals surface area contributed by atoms with Gasteiger partial charge < -0.3 is 0 Å². The molecular weight excluding hydrogens is 164 g/mol.